The number of aliphatic hydroxyl groups excluding tert-OH is 1. The summed E-state index contributed by atoms with van der Waals surface area (Å²) in [6, 6.07) is 10.2. The number of hydrogen-bond acceptors (Lipinski definition) is 3. The van der Waals surface area contributed by atoms with Crippen LogP contribution in [0.2, 0.25) is 0 Å². The van der Waals surface area contributed by atoms with Gasteiger partial charge in [0.25, 0.3) is 0 Å². The maximum Gasteiger partial charge on any atom is 0.223 e. The molecule has 0 spiro atoms. The van der Waals surface area contributed by atoms with Crippen molar-refractivity contribution in [2.45, 2.75) is 18.4 Å². The Morgan fingerprint density at radius 1 is 1.32 bits per heavy atom. The molecule has 0 unspecified atom stereocenters. The van der Waals surface area contributed by atoms with Gasteiger partial charge in [-0.25, -0.2) is 8.78 Å². The summed E-state index contributed by atoms with van der Waals surface area (Å²) in [5, 5.41) is 12.8. The van der Waals surface area contributed by atoms with Crippen LogP contribution in [0.4, 0.5) is 8.78 Å². The van der Waals surface area contributed by atoms with Crippen molar-refractivity contribution in [1.29, 1.82) is 0 Å². The van der Waals surface area contributed by atoms with E-state index in [-0.39, 0.29) is 23.9 Å². The van der Waals surface area contributed by atoms with Crippen molar-refractivity contribution < 1.29 is 23.4 Å². The molecule has 6 heteroatoms. The minimum Gasteiger partial charge on any atom is -0.497 e. The predicted octanol–water partition coefficient (Wildman–Crippen LogP) is 2.93. The van der Waals surface area contributed by atoms with Gasteiger partial charge in [0.1, 0.15) is 17.4 Å². The molecule has 2 aromatic rings. The number of rotatable bonds is 6. The Hall–Kier alpha value is -2.47. The van der Waals surface area contributed by atoms with Crippen LogP contribution in [0.3, 0.4) is 0 Å². The highest BCUT2D eigenvalue weighted by atomic mass is 19.1. The maximum atomic E-state index is 13.8. The third-order valence-corrected chi connectivity index (χ3v) is 4.43. The molecule has 0 bridgehead atoms. The first-order valence-corrected chi connectivity index (χ1v) is 8.04. The molecule has 3 rings (SSSR count). The number of carbonyl (C=O) groups excluding carboxylic acids is 1. The SMILES string of the molecule is COc1cccc([C@H](O)CNC(=O)[C@H]2C[C@H]2c2cc(F)ccc2F)c1. The highest BCUT2D eigenvalue weighted by Crippen LogP contribution is 2.48. The molecule has 0 heterocycles. The normalized spacial score (nSPS) is 20.0. The molecule has 1 saturated carbocycles. The fraction of sp³-hybridized carbons (Fsp3) is 0.316. The first-order valence-electron chi connectivity index (χ1n) is 8.04. The summed E-state index contributed by atoms with van der Waals surface area (Å²) in [6.07, 6.45) is -0.399. The largest absolute Gasteiger partial charge is 0.497 e. The summed E-state index contributed by atoms with van der Waals surface area (Å²) in [5.74, 6) is -1.38. The van der Waals surface area contributed by atoms with E-state index >= 15 is 0 Å². The molecule has 1 fully saturated rings. The zero-order valence-electron chi connectivity index (χ0n) is 13.7. The highest BCUT2D eigenvalue weighted by molar-refractivity contribution is 5.82. The van der Waals surface area contributed by atoms with Crippen LogP contribution >= 0.6 is 0 Å². The van der Waals surface area contributed by atoms with Crippen LogP contribution in [0.15, 0.2) is 42.5 Å². The van der Waals surface area contributed by atoms with Crippen molar-refractivity contribution in [2.24, 2.45) is 5.92 Å². The molecular weight excluding hydrogens is 328 g/mol. The molecule has 0 aliphatic heterocycles. The lowest BCUT2D eigenvalue weighted by Gasteiger charge is -2.13. The Morgan fingerprint density at radius 2 is 2.12 bits per heavy atom. The lowest BCUT2D eigenvalue weighted by Crippen LogP contribution is -2.30. The second-order valence-corrected chi connectivity index (χ2v) is 6.15. The third kappa shape index (κ3) is 3.96. The van der Waals surface area contributed by atoms with Gasteiger partial charge < -0.3 is 15.2 Å². The zero-order chi connectivity index (χ0) is 18.0. The molecule has 1 amide bonds. The van der Waals surface area contributed by atoms with E-state index in [1.165, 1.54) is 7.11 Å². The van der Waals surface area contributed by atoms with E-state index < -0.39 is 23.7 Å². The first kappa shape index (κ1) is 17.4. The van der Waals surface area contributed by atoms with Crippen LogP contribution < -0.4 is 10.1 Å². The van der Waals surface area contributed by atoms with Gasteiger partial charge in [-0.05, 0) is 53.8 Å². The average Bonchev–Trinajstić information content (AvgIpc) is 3.42. The van der Waals surface area contributed by atoms with E-state index in [1.807, 2.05) is 0 Å². The molecule has 0 radical (unpaired) electrons. The number of methoxy groups -OCH3 is 1. The number of carbonyl (C=O) groups is 1. The minimum atomic E-state index is -0.873. The quantitative estimate of drug-likeness (QED) is 0.845. The number of ether oxygens (including phenoxy) is 1. The number of hydrogen-bond donors (Lipinski definition) is 2. The summed E-state index contributed by atoms with van der Waals surface area (Å²) in [4.78, 5) is 12.2. The van der Waals surface area contributed by atoms with E-state index in [0.29, 0.717) is 17.7 Å². The van der Waals surface area contributed by atoms with E-state index in [4.69, 9.17) is 4.74 Å². The standard InChI is InChI=1S/C19H19F2NO3/c1-25-13-4-2-3-11(7-13)18(23)10-22-19(24)16-9-14(16)15-8-12(20)5-6-17(15)21/h2-8,14,16,18,23H,9-10H2,1H3,(H,22,24)/t14-,16-,18+/m0/s1. The van der Waals surface area contributed by atoms with Crippen LogP contribution in [0.1, 0.15) is 29.6 Å². The summed E-state index contributed by atoms with van der Waals surface area (Å²) >= 11 is 0. The Balaban J connectivity index is 1.56. The fourth-order valence-electron chi connectivity index (χ4n) is 2.92. The Kier molecular flexibility index (Phi) is 4.99. The van der Waals surface area contributed by atoms with Crippen LogP contribution in [0, 0.1) is 17.6 Å². The van der Waals surface area contributed by atoms with Crippen LogP contribution in [-0.2, 0) is 4.79 Å². The second kappa shape index (κ2) is 7.19. The topological polar surface area (TPSA) is 58.6 Å². The number of amides is 1. The van der Waals surface area contributed by atoms with Crippen molar-refractivity contribution in [3.05, 3.63) is 65.2 Å². The molecule has 1 aliphatic rings. The van der Waals surface area contributed by atoms with Crippen molar-refractivity contribution in [1.82, 2.24) is 5.32 Å². The number of nitrogens with one attached hydrogen (secondary N) is 1. The second-order valence-electron chi connectivity index (χ2n) is 6.15. The van der Waals surface area contributed by atoms with Gasteiger partial charge in [0.05, 0.1) is 13.2 Å². The number of benzene rings is 2. The van der Waals surface area contributed by atoms with E-state index in [9.17, 15) is 18.7 Å². The van der Waals surface area contributed by atoms with Gasteiger partial charge in [0.2, 0.25) is 5.91 Å². The van der Waals surface area contributed by atoms with E-state index in [2.05, 4.69) is 5.32 Å². The number of aliphatic hydroxyl groups is 1. The lowest BCUT2D eigenvalue weighted by molar-refractivity contribution is -0.122. The first-order chi connectivity index (χ1) is 12.0. The Morgan fingerprint density at radius 3 is 2.88 bits per heavy atom. The number of halogens is 2. The van der Waals surface area contributed by atoms with Crippen molar-refractivity contribution >= 4 is 5.91 Å². The molecule has 0 aromatic heterocycles. The van der Waals surface area contributed by atoms with Gasteiger partial charge in [0, 0.05) is 12.5 Å². The van der Waals surface area contributed by atoms with Gasteiger partial charge in [-0.1, -0.05) is 12.1 Å². The summed E-state index contributed by atoms with van der Waals surface area (Å²) in [5.41, 5.74) is 0.858. The fourth-order valence-corrected chi connectivity index (χ4v) is 2.92. The van der Waals surface area contributed by atoms with Gasteiger partial charge in [-0.2, -0.15) is 0 Å². The molecule has 2 N–H and O–H groups in total. The van der Waals surface area contributed by atoms with E-state index in [0.717, 1.165) is 18.2 Å². The molecular formula is C19H19F2NO3. The predicted molar refractivity (Wildman–Crippen MR) is 88.2 cm³/mol. The Labute approximate surface area is 144 Å². The maximum absolute atomic E-state index is 13.8. The van der Waals surface area contributed by atoms with Crippen LogP contribution in [0.5, 0.6) is 5.75 Å². The summed E-state index contributed by atoms with van der Waals surface area (Å²) < 4.78 is 32.1. The van der Waals surface area contributed by atoms with Gasteiger partial charge in [-0.3, -0.25) is 4.79 Å². The molecule has 1 aliphatic carbocycles. The molecule has 3 atom stereocenters. The highest BCUT2D eigenvalue weighted by Gasteiger charge is 2.45. The van der Waals surface area contributed by atoms with Crippen LogP contribution in [0.25, 0.3) is 0 Å². The third-order valence-electron chi connectivity index (χ3n) is 4.43. The van der Waals surface area contributed by atoms with Crippen LogP contribution in [-0.4, -0.2) is 24.7 Å². The smallest absolute Gasteiger partial charge is 0.223 e. The molecule has 4 nitrogen and oxygen atoms in total. The summed E-state index contributed by atoms with van der Waals surface area (Å²) in [6.45, 7) is 0.0425. The van der Waals surface area contributed by atoms with Gasteiger partial charge in [0.15, 0.2) is 0 Å². The van der Waals surface area contributed by atoms with Gasteiger partial charge >= 0.3 is 0 Å². The molecule has 25 heavy (non-hydrogen) atoms. The van der Waals surface area contributed by atoms with Gasteiger partial charge in [-0.15, -0.1) is 0 Å². The lowest BCUT2D eigenvalue weighted by atomic mass is 10.1. The van der Waals surface area contributed by atoms with E-state index in [1.54, 1.807) is 24.3 Å². The Bertz CT molecular complexity index is 781. The van der Waals surface area contributed by atoms with Crippen molar-refractivity contribution in [3.8, 4) is 5.75 Å². The average molecular weight is 347 g/mol. The minimum absolute atomic E-state index is 0.0425. The molecule has 132 valence electrons. The van der Waals surface area contributed by atoms with Crippen molar-refractivity contribution in [2.75, 3.05) is 13.7 Å². The monoisotopic (exact) mass is 347 g/mol. The summed E-state index contributed by atoms with van der Waals surface area (Å²) in [7, 11) is 1.53. The van der Waals surface area contributed by atoms with Crippen molar-refractivity contribution in [3.63, 3.8) is 0 Å². The molecule has 2 aromatic carbocycles. The molecule has 0 saturated heterocycles. The zero-order valence-corrected chi connectivity index (χ0v) is 13.7.